The third-order valence-corrected chi connectivity index (χ3v) is 6.31. The maximum Gasteiger partial charge on any atom is 0.326 e. The minimum atomic E-state index is -0.671. The van der Waals surface area contributed by atoms with Crippen molar-refractivity contribution in [3.05, 3.63) is 35.9 Å². The average Bonchev–Trinajstić information content (AvgIpc) is 2.93. The Morgan fingerprint density at radius 1 is 0.889 bits per heavy atom. The smallest absolute Gasteiger partial charge is 0.323 e. The number of hydrogen-bond acceptors (Lipinski definition) is 4. The van der Waals surface area contributed by atoms with Crippen molar-refractivity contribution in [3.63, 3.8) is 0 Å². The SMILES string of the molecule is O=C1NC2(CCN(CCc3ccccc3)CC2)C(=O)N1CN1CCCCC1. The summed E-state index contributed by atoms with van der Waals surface area (Å²) in [6.07, 6.45) is 6.01. The fourth-order valence-corrected chi connectivity index (χ4v) is 4.53. The van der Waals surface area contributed by atoms with E-state index in [1.807, 2.05) is 6.07 Å². The topological polar surface area (TPSA) is 55.9 Å². The zero-order chi connectivity index (χ0) is 18.7. The Hall–Kier alpha value is -1.92. The standard InChI is InChI=1S/C21H30N4O2/c26-19-21(22-20(27)25(19)17-24-12-5-2-6-13-24)10-15-23(16-11-21)14-9-18-7-3-1-4-8-18/h1,3-4,7-8H,2,5-6,9-17H2,(H,22,27). The number of likely N-dealkylation sites (tertiary alicyclic amines) is 2. The summed E-state index contributed by atoms with van der Waals surface area (Å²) in [7, 11) is 0. The van der Waals surface area contributed by atoms with E-state index >= 15 is 0 Å². The normalized spacial score (nSPS) is 23.8. The number of carbonyl (C=O) groups is 2. The first-order valence-corrected chi connectivity index (χ1v) is 10.3. The van der Waals surface area contributed by atoms with Crippen LogP contribution in [0.4, 0.5) is 4.79 Å². The minimum absolute atomic E-state index is 0.0132. The van der Waals surface area contributed by atoms with Gasteiger partial charge in [-0.05, 0) is 50.8 Å². The molecule has 1 spiro atoms. The van der Waals surface area contributed by atoms with Gasteiger partial charge in [-0.1, -0.05) is 36.8 Å². The molecule has 6 nitrogen and oxygen atoms in total. The highest BCUT2D eigenvalue weighted by Crippen LogP contribution is 2.30. The molecular formula is C21H30N4O2. The van der Waals surface area contributed by atoms with Gasteiger partial charge in [0.15, 0.2) is 0 Å². The predicted molar refractivity (Wildman–Crippen MR) is 104 cm³/mol. The molecule has 0 aliphatic carbocycles. The molecule has 4 rings (SSSR count). The number of carbonyl (C=O) groups excluding carboxylic acids is 2. The van der Waals surface area contributed by atoms with Gasteiger partial charge in [0.25, 0.3) is 5.91 Å². The van der Waals surface area contributed by atoms with Gasteiger partial charge in [0.1, 0.15) is 5.54 Å². The summed E-state index contributed by atoms with van der Waals surface area (Å²) in [5.41, 5.74) is 0.673. The minimum Gasteiger partial charge on any atom is -0.323 e. The molecule has 146 valence electrons. The molecule has 3 aliphatic heterocycles. The van der Waals surface area contributed by atoms with E-state index in [2.05, 4.69) is 39.4 Å². The second-order valence-electron chi connectivity index (χ2n) is 8.14. The molecule has 6 heteroatoms. The average molecular weight is 370 g/mol. The number of rotatable bonds is 5. The van der Waals surface area contributed by atoms with Crippen LogP contribution in [0.15, 0.2) is 30.3 Å². The Morgan fingerprint density at radius 2 is 1.59 bits per heavy atom. The summed E-state index contributed by atoms with van der Waals surface area (Å²) < 4.78 is 0. The first-order valence-electron chi connectivity index (χ1n) is 10.3. The molecule has 1 N–H and O–H groups in total. The van der Waals surface area contributed by atoms with E-state index in [9.17, 15) is 9.59 Å². The number of hydrogen-bond donors (Lipinski definition) is 1. The van der Waals surface area contributed by atoms with Crippen molar-refractivity contribution in [2.75, 3.05) is 39.4 Å². The molecule has 0 bridgehead atoms. The van der Waals surface area contributed by atoms with Crippen LogP contribution < -0.4 is 5.32 Å². The second kappa shape index (κ2) is 7.98. The zero-order valence-electron chi connectivity index (χ0n) is 16.0. The lowest BCUT2D eigenvalue weighted by Gasteiger charge is -2.37. The molecule has 1 aromatic carbocycles. The van der Waals surface area contributed by atoms with Crippen LogP contribution in [0.1, 0.15) is 37.7 Å². The molecule has 0 aromatic heterocycles. The largest absolute Gasteiger partial charge is 0.326 e. The molecule has 3 saturated heterocycles. The van der Waals surface area contributed by atoms with Crippen molar-refractivity contribution in [1.82, 2.24) is 20.0 Å². The highest BCUT2D eigenvalue weighted by Gasteiger charge is 2.52. The first kappa shape index (κ1) is 18.4. The third kappa shape index (κ3) is 4.01. The lowest BCUT2D eigenvalue weighted by Crippen LogP contribution is -2.55. The quantitative estimate of drug-likeness (QED) is 0.806. The molecule has 3 heterocycles. The molecule has 3 fully saturated rings. The fraction of sp³-hybridized carbons (Fsp3) is 0.619. The van der Waals surface area contributed by atoms with E-state index < -0.39 is 5.54 Å². The summed E-state index contributed by atoms with van der Waals surface area (Å²) in [5.74, 6) is -0.0132. The van der Waals surface area contributed by atoms with Gasteiger partial charge in [0.2, 0.25) is 0 Å². The van der Waals surface area contributed by atoms with Gasteiger partial charge < -0.3 is 10.2 Å². The number of urea groups is 1. The Bertz CT molecular complexity index is 664. The number of nitrogens with zero attached hydrogens (tertiary/aromatic N) is 3. The van der Waals surface area contributed by atoms with Gasteiger partial charge in [-0.3, -0.25) is 9.69 Å². The summed E-state index contributed by atoms with van der Waals surface area (Å²) in [6, 6.07) is 10.3. The Labute approximate surface area is 161 Å². The van der Waals surface area contributed by atoms with Crippen molar-refractivity contribution < 1.29 is 9.59 Å². The molecule has 0 unspecified atom stereocenters. The van der Waals surface area contributed by atoms with Crippen LogP contribution in [0.5, 0.6) is 0 Å². The van der Waals surface area contributed by atoms with E-state index in [1.54, 1.807) is 0 Å². The van der Waals surface area contributed by atoms with E-state index in [-0.39, 0.29) is 11.9 Å². The molecule has 0 atom stereocenters. The van der Waals surface area contributed by atoms with Gasteiger partial charge in [-0.2, -0.15) is 0 Å². The number of nitrogens with one attached hydrogen (secondary N) is 1. The van der Waals surface area contributed by atoms with Crippen LogP contribution in [0.25, 0.3) is 0 Å². The first-order chi connectivity index (χ1) is 13.2. The van der Waals surface area contributed by atoms with Gasteiger partial charge in [0, 0.05) is 19.6 Å². The van der Waals surface area contributed by atoms with Crippen molar-refractivity contribution in [2.24, 2.45) is 0 Å². The molecule has 3 amide bonds. The Morgan fingerprint density at radius 3 is 2.30 bits per heavy atom. The van der Waals surface area contributed by atoms with Crippen LogP contribution in [0.2, 0.25) is 0 Å². The molecule has 0 saturated carbocycles. The molecule has 0 radical (unpaired) electrons. The number of amides is 3. The van der Waals surface area contributed by atoms with E-state index in [0.717, 1.165) is 52.0 Å². The lowest BCUT2D eigenvalue weighted by molar-refractivity contribution is -0.134. The zero-order valence-corrected chi connectivity index (χ0v) is 16.0. The Balaban J connectivity index is 1.30. The maximum atomic E-state index is 13.0. The van der Waals surface area contributed by atoms with E-state index in [1.165, 1.54) is 16.9 Å². The highest BCUT2D eigenvalue weighted by molar-refractivity contribution is 6.07. The highest BCUT2D eigenvalue weighted by atomic mass is 16.2. The van der Waals surface area contributed by atoms with Crippen molar-refractivity contribution in [1.29, 1.82) is 0 Å². The van der Waals surface area contributed by atoms with Crippen LogP contribution in [0, 0.1) is 0 Å². The van der Waals surface area contributed by atoms with Crippen LogP contribution in [-0.4, -0.2) is 71.6 Å². The molecule has 27 heavy (non-hydrogen) atoms. The van der Waals surface area contributed by atoms with E-state index in [4.69, 9.17) is 0 Å². The van der Waals surface area contributed by atoms with Crippen LogP contribution in [0.3, 0.4) is 0 Å². The molecule has 1 aromatic rings. The van der Waals surface area contributed by atoms with Gasteiger partial charge in [-0.15, -0.1) is 0 Å². The summed E-state index contributed by atoms with van der Waals surface area (Å²) in [5, 5.41) is 3.04. The van der Waals surface area contributed by atoms with E-state index in [0.29, 0.717) is 19.5 Å². The maximum absolute atomic E-state index is 13.0. The lowest BCUT2D eigenvalue weighted by atomic mass is 9.87. The number of piperidine rings is 2. The third-order valence-electron chi connectivity index (χ3n) is 6.31. The van der Waals surface area contributed by atoms with Crippen molar-refractivity contribution in [2.45, 2.75) is 44.1 Å². The van der Waals surface area contributed by atoms with Crippen molar-refractivity contribution >= 4 is 11.9 Å². The molecule has 3 aliphatic rings. The van der Waals surface area contributed by atoms with Gasteiger partial charge in [-0.25, -0.2) is 9.69 Å². The van der Waals surface area contributed by atoms with Gasteiger partial charge in [0.05, 0.1) is 6.67 Å². The monoisotopic (exact) mass is 370 g/mol. The molecular weight excluding hydrogens is 340 g/mol. The predicted octanol–water partition coefficient (Wildman–Crippen LogP) is 2.06. The van der Waals surface area contributed by atoms with Crippen molar-refractivity contribution in [3.8, 4) is 0 Å². The fourth-order valence-electron chi connectivity index (χ4n) is 4.53. The number of imide groups is 1. The summed E-state index contributed by atoms with van der Waals surface area (Å²) in [6.45, 7) is 5.13. The van der Waals surface area contributed by atoms with Crippen LogP contribution >= 0.6 is 0 Å². The van der Waals surface area contributed by atoms with Crippen LogP contribution in [-0.2, 0) is 11.2 Å². The van der Waals surface area contributed by atoms with Gasteiger partial charge >= 0.3 is 6.03 Å². The summed E-state index contributed by atoms with van der Waals surface area (Å²) in [4.78, 5) is 31.6. The second-order valence-corrected chi connectivity index (χ2v) is 8.14. The number of benzene rings is 1. The Kier molecular flexibility index (Phi) is 5.45. The summed E-state index contributed by atoms with van der Waals surface area (Å²) >= 11 is 0.